The van der Waals surface area contributed by atoms with Gasteiger partial charge >= 0.3 is 6.03 Å². The van der Waals surface area contributed by atoms with E-state index in [0.29, 0.717) is 12.1 Å². The number of nitrogens with zero attached hydrogens (tertiary/aromatic N) is 1. The quantitative estimate of drug-likeness (QED) is 0.756. The van der Waals surface area contributed by atoms with E-state index in [9.17, 15) is 14.4 Å². The third-order valence-corrected chi connectivity index (χ3v) is 3.14. The number of urea groups is 1. The molecule has 1 fully saturated rings. The van der Waals surface area contributed by atoms with Gasteiger partial charge in [0.1, 0.15) is 5.41 Å². The molecule has 94 valence electrons. The van der Waals surface area contributed by atoms with E-state index < -0.39 is 23.3 Å². The number of hydrogen-bond acceptors (Lipinski definition) is 4. The van der Waals surface area contributed by atoms with Crippen molar-refractivity contribution in [3.8, 4) is 0 Å². The fourth-order valence-corrected chi connectivity index (χ4v) is 2.00. The zero-order chi connectivity index (χ0) is 13.2. The molecule has 2 heterocycles. The maximum Gasteiger partial charge on any atom is 0.328 e. The van der Waals surface area contributed by atoms with E-state index in [4.69, 9.17) is 0 Å². The number of rotatable bonds is 3. The van der Waals surface area contributed by atoms with Crippen molar-refractivity contribution in [2.75, 3.05) is 0 Å². The highest BCUT2D eigenvalue weighted by molar-refractivity contribution is 6.19. The molecule has 1 aromatic heterocycles. The minimum absolute atomic E-state index is 0.176. The zero-order valence-corrected chi connectivity index (χ0v) is 9.90. The van der Waals surface area contributed by atoms with Crippen LogP contribution in [0.25, 0.3) is 0 Å². The number of pyridine rings is 1. The maximum absolute atomic E-state index is 12.0. The fourth-order valence-electron chi connectivity index (χ4n) is 2.00. The van der Waals surface area contributed by atoms with Gasteiger partial charge in [0, 0.05) is 18.3 Å². The van der Waals surface area contributed by atoms with E-state index >= 15 is 0 Å². The van der Waals surface area contributed by atoms with Crippen LogP contribution in [0.3, 0.4) is 0 Å². The van der Waals surface area contributed by atoms with Crippen LogP contribution in [0.4, 0.5) is 4.79 Å². The predicted octanol–water partition coefficient (Wildman–Crippen LogP) is 0.386. The molecule has 0 aromatic carbocycles. The summed E-state index contributed by atoms with van der Waals surface area (Å²) in [6.45, 7) is 1.73. The van der Waals surface area contributed by atoms with Crippen molar-refractivity contribution in [2.45, 2.75) is 19.8 Å². The number of carbonyl (C=O) groups is 3. The Labute approximate surface area is 104 Å². The van der Waals surface area contributed by atoms with E-state index in [-0.39, 0.29) is 6.42 Å². The van der Waals surface area contributed by atoms with Gasteiger partial charge in [-0.2, -0.15) is 0 Å². The topological polar surface area (TPSA) is 88.2 Å². The van der Waals surface area contributed by atoms with E-state index in [1.54, 1.807) is 31.3 Å². The van der Waals surface area contributed by atoms with Crippen molar-refractivity contribution < 1.29 is 14.4 Å². The van der Waals surface area contributed by atoms with E-state index in [1.807, 2.05) is 0 Å². The normalized spacial score (nSPS) is 18.2. The molecule has 6 heteroatoms. The predicted molar refractivity (Wildman–Crippen MR) is 62.3 cm³/mol. The molecule has 1 aliphatic rings. The monoisotopic (exact) mass is 247 g/mol. The Morgan fingerprint density at radius 1 is 1.17 bits per heavy atom. The Morgan fingerprint density at radius 2 is 1.83 bits per heavy atom. The second kappa shape index (κ2) is 4.56. The van der Waals surface area contributed by atoms with Crippen LogP contribution in [0.15, 0.2) is 24.4 Å². The Balaban J connectivity index is 2.33. The first-order valence-corrected chi connectivity index (χ1v) is 5.65. The van der Waals surface area contributed by atoms with Crippen molar-refractivity contribution in [3.05, 3.63) is 30.1 Å². The van der Waals surface area contributed by atoms with Crippen molar-refractivity contribution in [1.29, 1.82) is 0 Å². The maximum atomic E-state index is 12.0. The third-order valence-electron chi connectivity index (χ3n) is 3.14. The Hall–Kier alpha value is -2.24. The Kier molecular flexibility index (Phi) is 3.10. The first kappa shape index (κ1) is 12.2. The van der Waals surface area contributed by atoms with Gasteiger partial charge in [-0.3, -0.25) is 25.2 Å². The summed E-state index contributed by atoms with van der Waals surface area (Å²) in [5, 5.41) is 4.27. The molecule has 0 atom stereocenters. The number of imide groups is 2. The average Bonchev–Trinajstić information content (AvgIpc) is 2.35. The van der Waals surface area contributed by atoms with Crippen LogP contribution in [-0.4, -0.2) is 22.8 Å². The van der Waals surface area contributed by atoms with Crippen molar-refractivity contribution in [1.82, 2.24) is 15.6 Å². The van der Waals surface area contributed by atoms with Gasteiger partial charge in [0.2, 0.25) is 11.8 Å². The summed E-state index contributed by atoms with van der Waals surface area (Å²) < 4.78 is 0. The lowest BCUT2D eigenvalue weighted by Gasteiger charge is -2.32. The second-order valence-electron chi connectivity index (χ2n) is 4.17. The molecule has 1 aromatic rings. The van der Waals surface area contributed by atoms with Crippen LogP contribution in [0, 0.1) is 5.41 Å². The molecule has 2 rings (SSSR count). The number of aromatic nitrogens is 1. The summed E-state index contributed by atoms with van der Waals surface area (Å²) in [6.07, 6.45) is 2.08. The third kappa shape index (κ3) is 1.97. The fraction of sp³-hybridized carbons (Fsp3) is 0.333. The van der Waals surface area contributed by atoms with Gasteiger partial charge in [-0.05, 0) is 18.6 Å². The summed E-state index contributed by atoms with van der Waals surface area (Å²) in [5.41, 5.74) is -0.624. The lowest BCUT2D eigenvalue weighted by Crippen LogP contribution is -2.63. The van der Waals surface area contributed by atoms with Crippen LogP contribution in [0.1, 0.15) is 19.0 Å². The number of amides is 4. The zero-order valence-electron chi connectivity index (χ0n) is 9.90. The lowest BCUT2D eigenvalue weighted by molar-refractivity contribution is -0.144. The molecule has 1 saturated heterocycles. The van der Waals surface area contributed by atoms with E-state index in [0.717, 1.165) is 0 Å². The molecule has 0 saturated carbocycles. The molecule has 0 bridgehead atoms. The summed E-state index contributed by atoms with van der Waals surface area (Å²) in [7, 11) is 0. The summed E-state index contributed by atoms with van der Waals surface area (Å²) in [6, 6.07) is 4.52. The van der Waals surface area contributed by atoms with Crippen LogP contribution in [0.5, 0.6) is 0 Å². The summed E-state index contributed by atoms with van der Waals surface area (Å²) in [5.74, 6) is -1.13. The van der Waals surface area contributed by atoms with Gasteiger partial charge in [0.25, 0.3) is 0 Å². The first-order chi connectivity index (χ1) is 8.58. The van der Waals surface area contributed by atoms with E-state index in [2.05, 4.69) is 15.6 Å². The summed E-state index contributed by atoms with van der Waals surface area (Å²) in [4.78, 5) is 39.1. The Bertz CT molecular complexity index is 479. The van der Waals surface area contributed by atoms with Gasteiger partial charge in [-0.25, -0.2) is 4.79 Å². The molecule has 0 aliphatic carbocycles. The van der Waals surface area contributed by atoms with Crippen LogP contribution in [-0.2, 0) is 16.0 Å². The average molecular weight is 247 g/mol. The number of hydrogen-bond donors (Lipinski definition) is 2. The Morgan fingerprint density at radius 3 is 2.33 bits per heavy atom. The van der Waals surface area contributed by atoms with Crippen LogP contribution in [0.2, 0.25) is 0 Å². The minimum atomic E-state index is -1.26. The smallest absolute Gasteiger partial charge is 0.277 e. The molecule has 0 unspecified atom stereocenters. The molecule has 4 amide bonds. The molecular formula is C12H13N3O3. The highest BCUT2D eigenvalue weighted by Gasteiger charge is 2.49. The van der Waals surface area contributed by atoms with Crippen LogP contribution < -0.4 is 10.6 Å². The molecule has 1 aliphatic heterocycles. The molecule has 6 nitrogen and oxygen atoms in total. The second-order valence-corrected chi connectivity index (χ2v) is 4.17. The standard InChI is InChI=1S/C12H13N3O3/c1-2-12(7-8-5-3-4-6-13-8)9(16)14-11(18)15-10(12)17/h3-6H,2,7H2,1H3,(H2,14,15,16,17,18). The highest BCUT2D eigenvalue weighted by Crippen LogP contribution is 2.29. The van der Waals surface area contributed by atoms with Crippen molar-refractivity contribution >= 4 is 17.8 Å². The van der Waals surface area contributed by atoms with Gasteiger partial charge in [0.05, 0.1) is 0 Å². The number of barbiturate groups is 1. The minimum Gasteiger partial charge on any atom is -0.277 e. The van der Waals surface area contributed by atoms with Gasteiger partial charge in [-0.1, -0.05) is 13.0 Å². The van der Waals surface area contributed by atoms with Gasteiger partial charge in [-0.15, -0.1) is 0 Å². The molecule has 18 heavy (non-hydrogen) atoms. The molecule has 0 spiro atoms. The van der Waals surface area contributed by atoms with Gasteiger partial charge in [0.15, 0.2) is 0 Å². The highest BCUT2D eigenvalue weighted by atomic mass is 16.2. The number of nitrogens with one attached hydrogen (secondary N) is 2. The van der Waals surface area contributed by atoms with Crippen LogP contribution >= 0.6 is 0 Å². The first-order valence-electron chi connectivity index (χ1n) is 5.65. The summed E-state index contributed by atoms with van der Waals surface area (Å²) >= 11 is 0. The van der Waals surface area contributed by atoms with Gasteiger partial charge < -0.3 is 0 Å². The SMILES string of the molecule is CCC1(Cc2ccccn2)C(=O)NC(=O)NC1=O. The largest absolute Gasteiger partial charge is 0.328 e. The van der Waals surface area contributed by atoms with Crippen molar-refractivity contribution in [3.63, 3.8) is 0 Å². The van der Waals surface area contributed by atoms with E-state index in [1.165, 1.54) is 0 Å². The molecular weight excluding hydrogens is 234 g/mol. The lowest BCUT2D eigenvalue weighted by atomic mass is 9.77. The molecule has 2 N–H and O–H groups in total. The number of carbonyl (C=O) groups excluding carboxylic acids is 3. The molecule has 0 radical (unpaired) electrons. The van der Waals surface area contributed by atoms with Crippen molar-refractivity contribution in [2.24, 2.45) is 5.41 Å².